The van der Waals surface area contributed by atoms with Gasteiger partial charge in [0.25, 0.3) is 11.6 Å². The van der Waals surface area contributed by atoms with Gasteiger partial charge in [-0.2, -0.15) is 0 Å². The number of methoxy groups -OCH3 is 1. The van der Waals surface area contributed by atoms with Gasteiger partial charge in [0.2, 0.25) is 0 Å². The van der Waals surface area contributed by atoms with Crippen molar-refractivity contribution in [2.24, 2.45) is 0 Å². The van der Waals surface area contributed by atoms with Crippen LogP contribution < -0.4 is 0 Å². The Hall–Kier alpha value is -2.96. The molecule has 0 aliphatic carbocycles. The quantitative estimate of drug-likeness (QED) is 0.358. The van der Waals surface area contributed by atoms with E-state index in [-0.39, 0.29) is 22.7 Å². The first-order valence-electron chi connectivity index (χ1n) is 7.48. The Morgan fingerprint density at radius 3 is 2.46 bits per heavy atom. The molecule has 1 amide bonds. The van der Waals surface area contributed by atoms with E-state index in [2.05, 4.69) is 0 Å². The fraction of sp³-hybridized carbons (Fsp3) is 0.294. The highest BCUT2D eigenvalue weighted by atomic mass is 16.6. The molecule has 2 rings (SSSR count). The molecule has 0 aromatic heterocycles. The van der Waals surface area contributed by atoms with Gasteiger partial charge in [0.15, 0.2) is 0 Å². The van der Waals surface area contributed by atoms with Gasteiger partial charge in [-0.1, -0.05) is 6.92 Å². The van der Waals surface area contributed by atoms with Crippen molar-refractivity contribution in [1.29, 1.82) is 0 Å². The molecule has 0 unspecified atom stereocenters. The molecular formula is C17H18N2O5. The summed E-state index contributed by atoms with van der Waals surface area (Å²) in [7, 11) is 1.26. The van der Waals surface area contributed by atoms with Gasteiger partial charge >= 0.3 is 5.97 Å². The van der Waals surface area contributed by atoms with Crippen LogP contribution in [0.15, 0.2) is 41.1 Å². The predicted octanol–water partition coefficient (Wildman–Crippen LogP) is 2.68. The summed E-state index contributed by atoms with van der Waals surface area (Å²) in [6.45, 7) is 4.15. The zero-order valence-electron chi connectivity index (χ0n) is 13.7. The highest BCUT2D eigenvalue weighted by molar-refractivity contribution is 6.16. The number of rotatable bonds is 5. The molecule has 1 heterocycles. The molecule has 7 nitrogen and oxygen atoms in total. The van der Waals surface area contributed by atoms with Crippen LogP contribution in [0.3, 0.4) is 0 Å². The number of carbonyl (C=O) groups excluding carboxylic acids is 2. The average Bonchev–Trinajstić information content (AvgIpc) is 2.79. The number of nitrogens with zero attached hydrogens (tertiary/aromatic N) is 2. The minimum Gasteiger partial charge on any atom is -0.465 e. The first-order valence-corrected chi connectivity index (χ1v) is 7.48. The molecule has 0 saturated heterocycles. The van der Waals surface area contributed by atoms with E-state index < -0.39 is 10.9 Å². The summed E-state index contributed by atoms with van der Waals surface area (Å²) >= 11 is 0. The Morgan fingerprint density at radius 2 is 1.96 bits per heavy atom. The molecule has 24 heavy (non-hydrogen) atoms. The van der Waals surface area contributed by atoms with Gasteiger partial charge in [0.1, 0.15) is 0 Å². The Balaban J connectivity index is 2.47. The number of hydrogen-bond donors (Lipinski definition) is 0. The molecule has 126 valence electrons. The van der Waals surface area contributed by atoms with Crippen LogP contribution in [-0.2, 0) is 14.3 Å². The number of hydrogen-bond acceptors (Lipinski definition) is 5. The predicted molar refractivity (Wildman–Crippen MR) is 87.8 cm³/mol. The Labute approximate surface area is 139 Å². The Bertz CT molecular complexity index is 747. The summed E-state index contributed by atoms with van der Waals surface area (Å²) in [5, 5.41) is 10.7. The summed E-state index contributed by atoms with van der Waals surface area (Å²) in [6.07, 6.45) is 2.31. The van der Waals surface area contributed by atoms with E-state index in [0.717, 1.165) is 6.42 Å². The number of carbonyl (C=O) groups is 2. The molecule has 0 N–H and O–H groups in total. The smallest absolute Gasteiger partial charge is 0.340 e. The summed E-state index contributed by atoms with van der Waals surface area (Å²) < 4.78 is 4.79. The SMILES string of the molecule is CCCN1C(=O)/C(=C\c2ccc([N+](=O)[O-])cc2)C(C(=O)OC)=C1C. The van der Waals surface area contributed by atoms with Crippen molar-refractivity contribution in [3.63, 3.8) is 0 Å². The average molecular weight is 330 g/mol. The van der Waals surface area contributed by atoms with Gasteiger partial charge in [0, 0.05) is 24.4 Å². The minimum absolute atomic E-state index is 0.0394. The van der Waals surface area contributed by atoms with Crippen LogP contribution in [0.5, 0.6) is 0 Å². The molecular weight excluding hydrogens is 312 g/mol. The zero-order valence-corrected chi connectivity index (χ0v) is 13.7. The molecule has 0 spiro atoms. The number of non-ortho nitro benzene ring substituents is 1. The lowest BCUT2D eigenvalue weighted by molar-refractivity contribution is -0.384. The van der Waals surface area contributed by atoms with Gasteiger partial charge in [-0.3, -0.25) is 14.9 Å². The first-order chi connectivity index (χ1) is 11.4. The third kappa shape index (κ3) is 3.19. The number of amides is 1. The zero-order chi connectivity index (χ0) is 17.9. The monoisotopic (exact) mass is 330 g/mol. The molecule has 7 heteroatoms. The third-order valence-corrected chi connectivity index (χ3v) is 3.76. The van der Waals surface area contributed by atoms with Gasteiger partial charge < -0.3 is 9.64 Å². The van der Waals surface area contributed by atoms with Crippen LogP contribution in [0.4, 0.5) is 5.69 Å². The molecule has 0 bridgehead atoms. The fourth-order valence-electron chi connectivity index (χ4n) is 2.58. The molecule has 1 aliphatic heterocycles. The molecule has 0 atom stereocenters. The molecule has 0 radical (unpaired) electrons. The first kappa shape index (κ1) is 17.4. The van der Waals surface area contributed by atoms with Crippen molar-refractivity contribution in [3.05, 3.63) is 56.8 Å². The Morgan fingerprint density at radius 1 is 1.33 bits per heavy atom. The van der Waals surface area contributed by atoms with E-state index in [9.17, 15) is 19.7 Å². The molecule has 0 fully saturated rings. The number of nitro benzene ring substituents is 1. The number of benzene rings is 1. The van der Waals surface area contributed by atoms with Crippen molar-refractivity contribution >= 4 is 23.6 Å². The van der Waals surface area contributed by atoms with Crippen LogP contribution in [0.2, 0.25) is 0 Å². The van der Waals surface area contributed by atoms with Crippen molar-refractivity contribution in [2.75, 3.05) is 13.7 Å². The number of nitro groups is 1. The van der Waals surface area contributed by atoms with Crippen molar-refractivity contribution in [1.82, 2.24) is 4.90 Å². The normalized spacial score (nSPS) is 16.0. The second kappa shape index (κ2) is 7.08. The van der Waals surface area contributed by atoms with E-state index >= 15 is 0 Å². The molecule has 1 aliphatic rings. The van der Waals surface area contributed by atoms with Gasteiger partial charge in [-0.15, -0.1) is 0 Å². The van der Waals surface area contributed by atoms with Crippen molar-refractivity contribution in [2.45, 2.75) is 20.3 Å². The lowest BCUT2D eigenvalue weighted by Gasteiger charge is -2.16. The van der Waals surface area contributed by atoms with Crippen molar-refractivity contribution in [3.8, 4) is 0 Å². The van der Waals surface area contributed by atoms with E-state index in [0.29, 0.717) is 17.8 Å². The summed E-state index contributed by atoms with van der Waals surface area (Å²) in [5.41, 5.74) is 1.58. The summed E-state index contributed by atoms with van der Waals surface area (Å²) in [4.78, 5) is 36.4. The summed E-state index contributed by atoms with van der Waals surface area (Å²) in [5.74, 6) is -0.847. The van der Waals surface area contributed by atoms with Crippen LogP contribution in [0.25, 0.3) is 6.08 Å². The third-order valence-electron chi connectivity index (χ3n) is 3.76. The van der Waals surface area contributed by atoms with Crippen LogP contribution >= 0.6 is 0 Å². The van der Waals surface area contributed by atoms with E-state index in [1.165, 1.54) is 31.4 Å². The van der Waals surface area contributed by atoms with Gasteiger partial charge in [-0.25, -0.2) is 4.79 Å². The lowest BCUT2D eigenvalue weighted by Crippen LogP contribution is -2.25. The maximum absolute atomic E-state index is 12.6. The molecule has 1 aromatic rings. The van der Waals surface area contributed by atoms with Crippen molar-refractivity contribution < 1.29 is 19.2 Å². The topological polar surface area (TPSA) is 89.8 Å². The fourth-order valence-corrected chi connectivity index (χ4v) is 2.58. The maximum Gasteiger partial charge on any atom is 0.340 e. The number of ether oxygens (including phenoxy) is 1. The Kier molecular flexibility index (Phi) is 5.13. The second-order valence-electron chi connectivity index (χ2n) is 5.32. The van der Waals surface area contributed by atoms with Crippen LogP contribution in [0.1, 0.15) is 25.8 Å². The maximum atomic E-state index is 12.6. The van der Waals surface area contributed by atoms with Gasteiger partial charge in [0.05, 0.1) is 23.2 Å². The van der Waals surface area contributed by atoms with E-state index in [1.54, 1.807) is 17.9 Å². The highest BCUT2D eigenvalue weighted by Gasteiger charge is 2.36. The number of esters is 1. The standard InChI is InChI=1S/C17H18N2O5/c1-4-9-18-11(2)15(17(21)24-3)14(16(18)20)10-12-5-7-13(8-6-12)19(22)23/h5-8,10H,4,9H2,1-3H3/b14-10-. The van der Waals surface area contributed by atoms with Crippen LogP contribution in [-0.4, -0.2) is 35.4 Å². The van der Waals surface area contributed by atoms with Crippen LogP contribution in [0, 0.1) is 10.1 Å². The second-order valence-corrected chi connectivity index (χ2v) is 5.32. The molecule has 1 aromatic carbocycles. The lowest BCUT2D eigenvalue weighted by atomic mass is 10.0. The minimum atomic E-state index is -0.576. The largest absolute Gasteiger partial charge is 0.465 e. The highest BCUT2D eigenvalue weighted by Crippen LogP contribution is 2.31. The van der Waals surface area contributed by atoms with E-state index in [1.807, 2.05) is 6.92 Å². The summed E-state index contributed by atoms with van der Waals surface area (Å²) in [6, 6.07) is 5.77. The number of allylic oxidation sites excluding steroid dienone is 1. The van der Waals surface area contributed by atoms with E-state index in [4.69, 9.17) is 4.74 Å². The van der Waals surface area contributed by atoms with Gasteiger partial charge in [-0.05, 0) is 37.1 Å². The molecule has 0 saturated carbocycles.